The van der Waals surface area contributed by atoms with E-state index in [2.05, 4.69) is 17.9 Å². The minimum atomic E-state index is 1.00. The SMILES string of the molecule is C=C(C)SN=CCC. The Morgan fingerprint density at radius 2 is 2.50 bits per heavy atom. The maximum Gasteiger partial charge on any atom is 0.0127 e. The van der Waals surface area contributed by atoms with Gasteiger partial charge in [0, 0.05) is 18.2 Å². The summed E-state index contributed by atoms with van der Waals surface area (Å²) in [6.45, 7) is 7.68. The van der Waals surface area contributed by atoms with Crippen molar-refractivity contribution >= 4 is 18.2 Å². The first-order valence-corrected chi connectivity index (χ1v) is 3.39. The van der Waals surface area contributed by atoms with Crippen LogP contribution in [0.5, 0.6) is 0 Å². The molecule has 0 aliphatic heterocycles. The lowest BCUT2D eigenvalue weighted by atomic mass is 10.6. The fourth-order valence-electron chi connectivity index (χ4n) is 0.202. The molecular weight excluding hydrogens is 118 g/mol. The molecule has 0 aromatic heterocycles. The first-order valence-electron chi connectivity index (χ1n) is 2.61. The van der Waals surface area contributed by atoms with Gasteiger partial charge in [0.2, 0.25) is 0 Å². The average Bonchev–Trinajstić information content (AvgIpc) is 1.66. The Balaban J connectivity index is 3.16. The van der Waals surface area contributed by atoms with E-state index in [-0.39, 0.29) is 0 Å². The van der Waals surface area contributed by atoms with E-state index < -0.39 is 0 Å². The summed E-state index contributed by atoms with van der Waals surface area (Å²) in [4.78, 5) is 1.04. The smallest absolute Gasteiger partial charge is 0.0127 e. The summed E-state index contributed by atoms with van der Waals surface area (Å²) in [5.41, 5.74) is 0. The van der Waals surface area contributed by atoms with E-state index in [1.54, 1.807) is 0 Å². The van der Waals surface area contributed by atoms with Crippen molar-refractivity contribution in [1.82, 2.24) is 0 Å². The molecule has 0 fully saturated rings. The Hall–Kier alpha value is -0.240. The minimum Gasteiger partial charge on any atom is -0.224 e. The van der Waals surface area contributed by atoms with Crippen molar-refractivity contribution in [2.24, 2.45) is 4.40 Å². The molecule has 0 heterocycles. The first kappa shape index (κ1) is 7.76. The van der Waals surface area contributed by atoms with Gasteiger partial charge in [0.1, 0.15) is 0 Å². The number of allylic oxidation sites excluding steroid dienone is 1. The largest absolute Gasteiger partial charge is 0.224 e. The van der Waals surface area contributed by atoms with Gasteiger partial charge in [0.15, 0.2) is 0 Å². The highest BCUT2D eigenvalue weighted by Gasteiger charge is 1.77. The molecule has 0 radical (unpaired) electrons. The second kappa shape index (κ2) is 4.91. The van der Waals surface area contributed by atoms with Crippen molar-refractivity contribution in [2.45, 2.75) is 20.3 Å². The van der Waals surface area contributed by atoms with E-state index in [1.165, 1.54) is 11.9 Å². The van der Waals surface area contributed by atoms with Gasteiger partial charge in [-0.3, -0.25) is 0 Å². The van der Waals surface area contributed by atoms with Crippen LogP contribution in [-0.4, -0.2) is 6.21 Å². The van der Waals surface area contributed by atoms with Crippen molar-refractivity contribution in [3.8, 4) is 0 Å². The van der Waals surface area contributed by atoms with E-state index in [0.717, 1.165) is 11.3 Å². The number of nitrogens with zero attached hydrogens (tertiary/aromatic N) is 1. The molecule has 0 N–H and O–H groups in total. The van der Waals surface area contributed by atoms with Crippen LogP contribution in [0.3, 0.4) is 0 Å². The normalized spacial score (nSPS) is 10.2. The standard InChI is InChI=1S/C6H11NS/c1-4-5-7-8-6(2)3/h5H,2,4H2,1,3H3. The molecule has 0 aromatic carbocycles. The van der Waals surface area contributed by atoms with Crippen LogP contribution in [0.25, 0.3) is 0 Å². The van der Waals surface area contributed by atoms with Crippen molar-refractivity contribution in [3.63, 3.8) is 0 Å². The van der Waals surface area contributed by atoms with E-state index in [0.29, 0.717) is 0 Å². The molecule has 0 unspecified atom stereocenters. The zero-order valence-electron chi connectivity index (χ0n) is 5.35. The van der Waals surface area contributed by atoms with E-state index in [1.807, 2.05) is 13.1 Å². The van der Waals surface area contributed by atoms with Gasteiger partial charge in [0.05, 0.1) is 0 Å². The molecule has 0 saturated heterocycles. The lowest BCUT2D eigenvalue weighted by Gasteiger charge is -1.85. The van der Waals surface area contributed by atoms with Crippen molar-refractivity contribution in [3.05, 3.63) is 11.5 Å². The molecular formula is C6H11NS. The number of hydrogen-bond donors (Lipinski definition) is 0. The number of hydrogen-bond acceptors (Lipinski definition) is 2. The molecule has 0 aromatic rings. The monoisotopic (exact) mass is 129 g/mol. The molecule has 0 atom stereocenters. The van der Waals surface area contributed by atoms with E-state index in [9.17, 15) is 0 Å². The van der Waals surface area contributed by atoms with Gasteiger partial charge < -0.3 is 0 Å². The zero-order valence-corrected chi connectivity index (χ0v) is 6.16. The summed E-state index contributed by atoms with van der Waals surface area (Å²) in [5, 5.41) is 0. The fourth-order valence-corrected chi connectivity index (χ4v) is 0.605. The maximum atomic E-state index is 3.98. The Labute approximate surface area is 55.0 Å². The molecule has 46 valence electrons. The van der Waals surface area contributed by atoms with Gasteiger partial charge in [-0.15, -0.1) is 0 Å². The molecule has 0 bridgehead atoms. The van der Waals surface area contributed by atoms with Crippen molar-refractivity contribution < 1.29 is 0 Å². The number of rotatable bonds is 3. The summed E-state index contributed by atoms with van der Waals surface area (Å²) in [5.74, 6) is 0. The van der Waals surface area contributed by atoms with Gasteiger partial charge in [-0.2, -0.15) is 0 Å². The summed E-state index contributed by atoms with van der Waals surface area (Å²) in [6, 6.07) is 0. The van der Waals surface area contributed by atoms with E-state index >= 15 is 0 Å². The van der Waals surface area contributed by atoms with Crippen molar-refractivity contribution in [1.29, 1.82) is 0 Å². The molecule has 0 spiro atoms. The molecule has 0 rings (SSSR count). The molecule has 0 saturated carbocycles. The third kappa shape index (κ3) is 5.76. The predicted octanol–water partition coefficient (Wildman–Crippen LogP) is 2.65. The van der Waals surface area contributed by atoms with Crippen LogP contribution in [0, 0.1) is 0 Å². The maximum absolute atomic E-state index is 3.98. The molecule has 1 nitrogen and oxygen atoms in total. The van der Waals surface area contributed by atoms with Crippen LogP contribution in [0.15, 0.2) is 15.9 Å². The van der Waals surface area contributed by atoms with Gasteiger partial charge >= 0.3 is 0 Å². The highest BCUT2D eigenvalue weighted by atomic mass is 32.2. The summed E-state index contributed by atoms with van der Waals surface area (Å²) < 4.78 is 3.98. The van der Waals surface area contributed by atoms with Gasteiger partial charge in [-0.1, -0.05) is 13.5 Å². The van der Waals surface area contributed by atoms with Crippen LogP contribution in [0.4, 0.5) is 0 Å². The Morgan fingerprint density at radius 1 is 1.88 bits per heavy atom. The Kier molecular flexibility index (Phi) is 4.76. The zero-order chi connectivity index (χ0) is 6.41. The van der Waals surface area contributed by atoms with Crippen molar-refractivity contribution in [2.75, 3.05) is 0 Å². The van der Waals surface area contributed by atoms with Crippen LogP contribution >= 0.6 is 11.9 Å². The van der Waals surface area contributed by atoms with Crippen LogP contribution in [0.2, 0.25) is 0 Å². The fraction of sp³-hybridized carbons (Fsp3) is 0.500. The molecule has 2 heteroatoms. The molecule has 0 amide bonds. The average molecular weight is 129 g/mol. The topological polar surface area (TPSA) is 12.4 Å². The van der Waals surface area contributed by atoms with Gasteiger partial charge in [0.25, 0.3) is 0 Å². The quantitative estimate of drug-likeness (QED) is 0.421. The Morgan fingerprint density at radius 3 is 2.88 bits per heavy atom. The second-order valence-corrected chi connectivity index (χ2v) is 2.58. The summed E-state index contributed by atoms with van der Waals surface area (Å²) >= 11 is 1.43. The van der Waals surface area contributed by atoms with E-state index in [4.69, 9.17) is 0 Å². The Bertz CT molecular complexity index is 96.7. The second-order valence-electron chi connectivity index (χ2n) is 1.49. The molecule has 0 aliphatic rings. The lowest BCUT2D eigenvalue weighted by molar-refractivity contribution is 1.33. The van der Waals surface area contributed by atoms with Crippen LogP contribution in [0.1, 0.15) is 20.3 Å². The molecule has 8 heavy (non-hydrogen) atoms. The highest BCUT2D eigenvalue weighted by molar-refractivity contribution is 8.01. The summed E-state index contributed by atoms with van der Waals surface area (Å²) in [6.07, 6.45) is 2.87. The van der Waals surface area contributed by atoms with Gasteiger partial charge in [-0.25, -0.2) is 4.40 Å². The first-order chi connectivity index (χ1) is 3.77. The highest BCUT2D eigenvalue weighted by Crippen LogP contribution is 2.11. The minimum absolute atomic E-state index is 1.00. The third-order valence-electron chi connectivity index (χ3n) is 0.466. The third-order valence-corrected chi connectivity index (χ3v) is 1.03. The van der Waals surface area contributed by atoms with Crippen LogP contribution in [-0.2, 0) is 0 Å². The lowest BCUT2D eigenvalue weighted by Crippen LogP contribution is -1.62. The van der Waals surface area contributed by atoms with Crippen LogP contribution < -0.4 is 0 Å². The van der Waals surface area contributed by atoms with Gasteiger partial charge in [-0.05, 0) is 18.2 Å². The summed E-state index contributed by atoms with van der Waals surface area (Å²) in [7, 11) is 0. The molecule has 0 aliphatic carbocycles. The predicted molar refractivity (Wildman–Crippen MR) is 41.2 cm³/mol.